The van der Waals surface area contributed by atoms with E-state index in [0.717, 1.165) is 17.9 Å². The number of likely N-dealkylation sites (N-methyl/N-ethyl adjacent to an activating group) is 1. The molecule has 0 spiro atoms. The third-order valence-electron chi connectivity index (χ3n) is 3.05. The summed E-state index contributed by atoms with van der Waals surface area (Å²) in [4.78, 5) is 2.05. The van der Waals surface area contributed by atoms with Crippen LogP contribution in [-0.2, 0) is 0 Å². The predicted molar refractivity (Wildman–Crippen MR) is 79.7 cm³/mol. The minimum atomic E-state index is 0.0912. The highest BCUT2D eigenvalue weighted by Crippen LogP contribution is 2.11. The molecular weight excluding hydrogens is 254 g/mol. The number of ether oxygens (including phenoxy) is 1. The molecule has 0 saturated heterocycles. The first-order valence-corrected chi connectivity index (χ1v) is 6.81. The molecule has 1 aromatic carbocycles. The van der Waals surface area contributed by atoms with E-state index in [1.54, 1.807) is 0 Å². The van der Waals surface area contributed by atoms with Crippen molar-refractivity contribution < 1.29 is 14.9 Å². The summed E-state index contributed by atoms with van der Waals surface area (Å²) in [5.41, 5.74) is 0.914. The van der Waals surface area contributed by atoms with Crippen molar-refractivity contribution in [3.05, 3.63) is 29.8 Å². The molecule has 0 aromatic heterocycles. The number of hydrogen-bond acceptors (Lipinski definition) is 4. The number of rotatable bonds is 7. The Kier molecular flexibility index (Phi) is 7.74. The summed E-state index contributed by atoms with van der Waals surface area (Å²) >= 11 is 0. The van der Waals surface area contributed by atoms with Gasteiger partial charge in [0.15, 0.2) is 0 Å². The van der Waals surface area contributed by atoms with Gasteiger partial charge in [0.05, 0.1) is 13.2 Å². The Morgan fingerprint density at radius 1 is 1.25 bits per heavy atom. The van der Waals surface area contributed by atoms with Gasteiger partial charge in [0, 0.05) is 24.6 Å². The zero-order valence-electron chi connectivity index (χ0n) is 12.2. The molecular formula is C16H23NO3. The SMILES string of the molecule is CC(CO)N(C)CCOc1ccc(C#CCCO)cc1. The van der Waals surface area contributed by atoms with Gasteiger partial charge in [-0.25, -0.2) is 0 Å². The molecule has 0 aliphatic carbocycles. The van der Waals surface area contributed by atoms with Crippen molar-refractivity contribution in [2.24, 2.45) is 0 Å². The van der Waals surface area contributed by atoms with Crippen LogP contribution in [0.3, 0.4) is 0 Å². The van der Waals surface area contributed by atoms with E-state index in [1.807, 2.05) is 38.2 Å². The molecule has 1 unspecified atom stereocenters. The molecule has 1 aromatic rings. The Labute approximate surface area is 121 Å². The number of benzene rings is 1. The lowest BCUT2D eigenvalue weighted by Crippen LogP contribution is -2.35. The van der Waals surface area contributed by atoms with Crippen LogP contribution >= 0.6 is 0 Å². The molecule has 0 bridgehead atoms. The van der Waals surface area contributed by atoms with Crippen LogP contribution in [0, 0.1) is 11.8 Å². The fraction of sp³-hybridized carbons (Fsp3) is 0.500. The van der Waals surface area contributed by atoms with E-state index in [2.05, 4.69) is 16.7 Å². The van der Waals surface area contributed by atoms with Gasteiger partial charge in [-0.05, 0) is 38.2 Å². The summed E-state index contributed by atoms with van der Waals surface area (Å²) in [6, 6.07) is 7.72. The molecule has 110 valence electrons. The zero-order chi connectivity index (χ0) is 14.8. The lowest BCUT2D eigenvalue weighted by atomic mass is 10.2. The van der Waals surface area contributed by atoms with Crippen molar-refractivity contribution in [2.75, 3.05) is 33.4 Å². The topological polar surface area (TPSA) is 52.9 Å². The van der Waals surface area contributed by atoms with Gasteiger partial charge in [0.25, 0.3) is 0 Å². The van der Waals surface area contributed by atoms with Gasteiger partial charge in [-0.1, -0.05) is 11.8 Å². The second-order valence-corrected chi connectivity index (χ2v) is 4.66. The highest BCUT2D eigenvalue weighted by atomic mass is 16.5. The van der Waals surface area contributed by atoms with Crippen LogP contribution in [0.25, 0.3) is 0 Å². The largest absolute Gasteiger partial charge is 0.492 e. The Morgan fingerprint density at radius 2 is 1.95 bits per heavy atom. The van der Waals surface area contributed by atoms with Gasteiger partial charge >= 0.3 is 0 Å². The summed E-state index contributed by atoms with van der Waals surface area (Å²) in [6.07, 6.45) is 0.494. The average Bonchev–Trinajstić information content (AvgIpc) is 2.48. The number of hydrogen-bond donors (Lipinski definition) is 2. The van der Waals surface area contributed by atoms with Gasteiger partial charge < -0.3 is 14.9 Å². The highest BCUT2D eigenvalue weighted by Gasteiger charge is 2.06. The lowest BCUT2D eigenvalue weighted by Gasteiger charge is -2.22. The molecule has 0 amide bonds. The van der Waals surface area contributed by atoms with Gasteiger partial charge in [-0.2, -0.15) is 0 Å². The highest BCUT2D eigenvalue weighted by molar-refractivity contribution is 5.38. The molecule has 1 rings (SSSR count). The van der Waals surface area contributed by atoms with Crippen LogP contribution in [0.5, 0.6) is 5.75 Å². The molecule has 20 heavy (non-hydrogen) atoms. The monoisotopic (exact) mass is 277 g/mol. The summed E-state index contributed by atoms with van der Waals surface area (Å²) in [5.74, 6) is 6.65. The first-order valence-electron chi connectivity index (χ1n) is 6.81. The summed E-state index contributed by atoms with van der Waals surface area (Å²) < 4.78 is 5.64. The minimum absolute atomic E-state index is 0.0912. The molecule has 2 N–H and O–H groups in total. The van der Waals surface area contributed by atoms with Crippen molar-refractivity contribution >= 4 is 0 Å². The van der Waals surface area contributed by atoms with Crippen molar-refractivity contribution in [3.63, 3.8) is 0 Å². The molecule has 0 heterocycles. The van der Waals surface area contributed by atoms with E-state index >= 15 is 0 Å². The Morgan fingerprint density at radius 3 is 2.55 bits per heavy atom. The molecule has 0 fully saturated rings. The van der Waals surface area contributed by atoms with Gasteiger partial charge in [0.1, 0.15) is 12.4 Å². The quantitative estimate of drug-likeness (QED) is 0.733. The normalized spacial score (nSPS) is 11.8. The van der Waals surface area contributed by atoms with Gasteiger partial charge in [0.2, 0.25) is 0 Å². The molecule has 0 aliphatic heterocycles. The van der Waals surface area contributed by atoms with E-state index in [9.17, 15) is 0 Å². The average molecular weight is 277 g/mol. The van der Waals surface area contributed by atoms with Crippen molar-refractivity contribution in [1.82, 2.24) is 4.90 Å². The summed E-state index contributed by atoms with van der Waals surface area (Å²) in [7, 11) is 1.96. The van der Waals surface area contributed by atoms with Crippen molar-refractivity contribution in [1.29, 1.82) is 0 Å². The Balaban J connectivity index is 2.37. The number of aliphatic hydroxyl groups is 2. The third kappa shape index (κ3) is 6.07. The molecule has 0 aliphatic rings. The second kappa shape index (κ2) is 9.38. The van der Waals surface area contributed by atoms with Crippen LogP contribution in [0.15, 0.2) is 24.3 Å². The molecule has 1 atom stereocenters. The predicted octanol–water partition coefficient (Wildman–Crippen LogP) is 1.11. The standard InChI is InChI=1S/C16H23NO3/c1-14(13-19)17(2)10-12-20-16-8-6-15(7-9-16)5-3-4-11-18/h6-9,14,18-19H,4,10-13H2,1-2H3. The van der Waals surface area contributed by atoms with E-state index in [1.165, 1.54) is 0 Å². The van der Waals surface area contributed by atoms with Crippen LogP contribution in [0.2, 0.25) is 0 Å². The first-order chi connectivity index (χ1) is 9.67. The molecule has 4 nitrogen and oxygen atoms in total. The fourth-order valence-corrected chi connectivity index (χ4v) is 1.52. The first kappa shape index (κ1) is 16.5. The minimum Gasteiger partial charge on any atom is -0.492 e. The van der Waals surface area contributed by atoms with Crippen molar-refractivity contribution in [3.8, 4) is 17.6 Å². The van der Waals surface area contributed by atoms with Crippen LogP contribution in [-0.4, -0.2) is 54.6 Å². The fourth-order valence-electron chi connectivity index (χ4n) is 1.52. The summed E-state index contributed by atoms with van der Waals surface area (Å²) in [5, 5.41) is 17.7. The van der Waals surface area contributed by atoms with Crippen LogP contribution in [0.4, 0.5) is 0 Å². The Bertz CT molecular complexity index is 433. The van der Waals surface area contributed by atoms with E-state index < -0.39 is 0 Å². The lowest BCUT2D eigenvalue weighted by molar-refractivity contribution is 0.140. The smallest absolute Gasteiger partial charge is 0.119 e. The maximum atomic E-state index is 9.03. The molecule has 0 radical (unpaired) electrons. The van der Waals surface area contributed by atoms with E-state index in [0.29, 0.717) is 13.0 Å². The summed E-state index contributed by atoms with van der Waals surface area (Å²) in [6.45, 7) is 3.56. The third-order valence-corrected chi connectivity index (χ3v) is 3.05. The van der Waals surface area contributed by atoms with Crippen LogP contribution < -0.4 is 4.74 Å². The van der Waals surface area contributed by atoms with Crippen molar-refractivity contribution in [2.45, 2.75) is 19.4 Å². The zero-order valence-corrected chi connectivity index (χ0v) is 12.2. The maximum absolute atomic E-state index is 9.03. The number of aliphatic hydroxyl groups excluding tert-OH is 2. The molecule has 0 saturated carbocycles. The van der Waals surface area contributed by atoms with E-state index in [4.69, 9.17) is 14.9 Å². The Hall–Kier alpha value is -1.54. The maximum Gasteiger partial charge on any atom is 0.119 e. The second-order valence-electron chi connectivity index (χ2n) is 4.66. The van der Waals surface area contributed by atoms with Gasteiger partial charge in [-0.3, -0.25) is 4.90 Å². The molecule has 4 heteroatoms. The van der Waals surface area contributed by atoms with Gasteiger partial charge in [-0.15, -0.1) is 0 Å². The van der Waals surface area contributed by atoms with Crippen LogP contribution in [0.1, 0.15) is 18.9 Å². The van der Waals surface area contributed by atoms with E-state index in [-0.39, 0.29) is 19.3 Å². The number of nitrogens with zero attached hydrogens (tertiary/aromatic N) is 1.